The van der Waals surface area contributed by atoms with E-state index in [0.717, 1.165) is 5.56 Å². The molecule has 2 aromatic heterocycles. The van der Waals surface area contributed by atoms with Crippen LogP contribution in [-0.4, -0.2) is 14.4 Å². The molecule has 2 aromatic rings. The van der Waals surface area contributed by atoms with Crippen molar-refractivity contribution in [2.45, 2.75) is 6.54 Å². The third kappa shape index (κ3) is 0.969. The first-order chi connectivity index (χ1) is 5.40. The van der Waals surface area contributed by atoms with E-state index in [0.29, 0.717) is 12.3 Å². The molecule has 0 unspecified atom stereocenters. The van der Waals surface area contributed by atoms with E-state index in [1.165, 1.54) is 0 Å². The minimum absolute atomic E-state index is 0.515. The molecular formula is C7H8N4. The summed E-state index contributed by atoms with van der Waals surface area (Å²) in [6.07, 6.45) is 7.22. The number of hydrogen-bond acceptors (Lipinski definition) is 3. The Morgan fingerprint density at radius 2 is 2.36 bits per heavy atom. The first kappa shape index (κ1) is 6.30. The molecule has 0 atom stereocenters. The summed E-state index contributed by atoms with van der Waals surface area (Å²) in [6, 6.07) is 0. The first-order valence-corrected chi connectivity index (χ1v) is 3.38. The molecule has 0 radical (unpaired) electrons. The quantitative estimate of drug-likeness (QED) is 0.628. The lowest BCUT2D eigenvalue weighted by Crippen LogP contribution is -1.99. The van der Waals surface area contributed by atoms with Crippen LogP contribution >= 0.6 is 0 Å². The van der Waals surface area contributed by atoms with Gasteiger partial charge in [-0.15, -0.1) is 0 Å². The van der Waals surface area contributed by atoms with Crippen molar-refractivity contribution < 1.29 is 0 Å². The Labute approximate surface area is 63.7 Å². The zero-order chi connectivity index (χ0) is 7.68. The molecule has 2 heterocycles. The van der Waals surface area contributed by atoms with Crippen LogP contribution in [0.25, 0.3) is 5.78 Å². The van der Waals surface area contributed by atoms with Crippen LogP contribution in [0.15, 0.2) is 24.8 Å². The molecule has 0 aromatic carbocycles. The van der Waals surface area contributed by atoms with Gasteiger partial charge in [-0.3, -0.25) is 4.40 Å². The molecule has 0 aliphatic rings. The summed E-state index contributed by atoms with van der Waals surface area (Å²) in [5, 5.41) is 0. The summed E-state index contributed by atoms with van der Waals surface area (Å²) in [4.78, 5) is 8.09. The third-order valence-corrected chi connectivity index (χ3v) is 1.53. The van der Waals surface area contributed by atoms with Gasteiger partial charge in [0.25, 0.3) is 0 Å². The zero-order valence-corrected chi connectivity index (χ0v) is 5.94. The molecule has 0 saturated heterocycles. The summed E-state index contributed by atoms with van der Waals surface area (Å²) < 4.78 is 1.85. The fraction of sp³-hybridized carbons (Fsp3) is 0.143. The van der Waals surface area contributed by atoms with Crippen molar-refractivity contribution in [1.82, 2.24) is 14.4 Å². The van der Waals surface area contributed by atoms with Crippen molar-refractivity contribution >= 4 is 5.78 Å². The van der Waals surface area contributed by atoms with Gasteiger partial charge in [0, 0.05) is 36.9 Å². The van der Waals surface area contributed by atoms with Gasteiger partial charge in [-0.2, -0.15) is 0 Å². The number of nitrogens with zero attached hydrogens (tertiary/aromatic N) is 3. The predicted octanol–water partition coefficient (Wildman–Crippen LogP) is 0.188. The Morgan fingerprint density at radius 1 is 1.45 bits per heavy atom. The standard InChI is InChI=1S/C7H8N4/c8-3-6-4-10-7-9-1-2-11(7)5-6/h1-2,4-5H,3,8H2. The van der Waals surface area contributed by atoms with E-state index in [-0.39, 0.29) is 0 Å². The molecule has 11 heavy (non-hydrogen) atoms. The van der Waals surface area contributed by atoms with Crippen molar-refractivity contribution in [2.75, 3.05) is 0 Å². The largest absolute Gasteiger partial charge is 0.326 e. The fourth-order valence-corrected chi connectivity index (χ4v) is 0.964. The number of nitrogens with two attached hydrogens (primary N) is 1. The highest BCUT2D eigenvalue weighted by Gasteiger charge is 1.94. The summed E-state index contributed by atoms with van der Waals surface area (Å²) in [6.45, 7) is 0.515. The summed E-state index contributed by atoms with van der Waals surface area (Å²) in [5.74, 6) is 0.710. The SMILES string of the molecule is NCc1cnc2nccn2c1. The Hall–Kier alpha value is -1.42. The van der Waals surface area contributed by atoms with Crippen molar-refractivity contribution in [3.05, 3.63) is 30.4 Å². The second-order valence-corrected chi connectivity index (χ2v) is 2.30. The van der Waals surface area contributed by atoms with E-state index in [9.17, 15) is 0 Å². The normalized spacial score (nSPS) is 10.6. The van der Waals surface area contributed by atoms with Crippen molar-refractivity contribution in [3.63, 3.8) is 0 Å². The van der Waals surface area contributed by atoms with Crippen LogP contribution in [0.4, 0.5) is 0 Å². The van der Waals surface area contributed by atoms with Crippen LogP contribution in [0.1, 0.15) is 5.56 Å². The van der Waals surface area contributed by atoms with Crippen LogP contribution < -0.4 is 5.73 Å². The summed E-state index contributed by atoms with van der Waals surface area (Å²) in [7, 11) is 0. The Bertz CT molecular complexity index is 365. The van der Waals surface area contributed by atoms with E-state index >= 15 is 0 Å². The maximum atomic E-state index is 5.44. The molecule has 0 aliphatic heterocycles. The molecule has 0 fully saturated rings. The molecule has 0 amide bonds. The number of aromatic nitrogens is 3. The average Bonchev–Trinajstić information content (AvgIpc) is 2.50. The van der Waals surface area contributed by atoms with Gasteiger partial charge in [0.1, 0.15) is 0 Å². The van der Waals surface area contributed by atoms with Crippen molar-refractivity contribution in [3.8, 4) is 0 Å². The van der Waals surface area contributed by atoms with Crippen molar-refractivity contribution in [1.29, 1.82) is 0 Å². The monoisotopic (exact) mass is 148 g/mol. The highest BCUT2D eigenvalue weighted by atomic mass is 15.1. The number of fused-ring (bicyclic) bond motifs is 1. The summed E-state index contributed by atoms with van der Waals surface area (Å²) in [5.41, 5.74) is 6.45. The third-order valence-electron chi connectivity index (χ3n) is 1.53. The maximum Gasteiger partial charge on any atom is 0.233 e. The van der Waals surface area contributed by atoms with Gasteiger partial charge >= 0.3 is 0 Å². The van der Waals surface area contributed by atoms with Gasteiger partial charge in [-0.25, -0.2) is 9.97 Å². The minimum Gasteiger partial charge on any atom is -0.326 e. The van der Waals surface area contributed by atoms with E-state index < -0.39 is 0 Å². The molecule has 2 N–H and O–H groups in total. The second-order valence-electron chi connectivity index (χ2n) is 2.30. The number of imidazole rings is 1. The second kappa shape index (κ2) is 2.32. The van der Waals surface area contributed by atoms with E-state index in [2.05, 4.69) is 9.97 Å². The molecule has 4 heteroatoms. The van der Waals surface area contributed by atoms with Gasteiger partial charge in [-0.1, -0.05) is 0 Å². The lowest BCUT2D eigenvalue weighted by atomic mass is 10.3. The molecule has 4 nitrogen and oxygen atoms in total. The van der Waals surface area contributed by atoms with Gasteiger partial charge in [0.15, 0.2) is 0 Å². The minimum atomic E-state index is 0.515. The predicted molar refractivity (Wildman–Crippen MR) is 40.9 cm³/mol. The van der Waals surface area contributed by atoms with E-state index in [1.54, 1.807) is 12.4 Å². The zero-order valence-electron chi connectivity index (χ0n) is 5.94. The van der Waals surface area contributed by atoms with Crippen LogP contribution in [0, 0.1) is 0 Å². The van der Waals surface area contributed by atoms with Gasteiger partial charge in [0.05, 0.1) is 0 Å². The molecule has 0 saturated carbocycles. The Kier molecular flexibility index (Phi) is 1.33. The maximum absolute atomic E-state index is 5.44. The van der Waals surface area contributed by atoms with Gasteiger partial charge < -0.3 is 5.73 Å². The van der Waals surface area contributed by atoms with Crippen molar-refractivity contribution in [2.24, 2.45) is 5.73 Å². The van der Waals surface area contributed by atoms with Crippen LogP contribution in [0.5, 0.6) is 0 Å². The van der Waals surface area contributed by atoms with Gasteiger partial charge in [-0.05, 0) is 0 Å². The first-order valence-electron chi connectivity index (χ1n) is 3.38. The van der Waals surface area contributed by atoms with E-state index in [1.807, 2.05) is 16.8 Å². The topological polar surface area (TPSA) is 56.2 Å². The molecule has 56 valence electrons. The molecular weight excluding hydrogens is 140 g/mol. The highest BCUT2D eigenvalue weighted by molar-refractivity contribution is 5.28. The lowest BCUT2D eigenvalue weighted by Gasteiger charge is -1.95. The Balaban J connectivity index is 2.67. The summed E-state index contributed by atoms with van der Waals surface area (Å²) >= 11 is 0. The number of hydrogen-bond donors (Lipinski definition) is 1. The highest BCUT2D eigenvalue weighted by Crippen LogP contribution is 1.98. The molecule has 0 aliphatic carbocycles. The number of rotatable bonds is 1. The molecule has 0 bridgehead atoms. The smallest absolute Gasteiger partial charge is 0.233 e. The van der Waals surface area contributed by atoms with Crippen LogP contribution in [0.3, 0.4) is 0 Å². The lowest BCUT2D eigenvalue weighted by molar-refractivity contribution is 0.990. The fourth-order valence-electron chi connectivity index (χ4n) is 0.964. The van der Waals surface area contributed by atoms with Gasteiger partial charge in [0.2, 0.25) is 5.78 Å². The molecule has 0 spiro atoms. The Morgan fingerprint density at radius 3 is 3.18 bits per heavy atom. The van der Waals surface area contributed by atoms with Crippen LogP contribution in [-0.2, 0) is 6.54 Å². The van der Waals surface area contributed by atoms with E-state index in [4.69, 9.17) is 5.73 Å². The average molecular weight is 148 g/mol. The van der Waals surface area contributed by atoms with Crippen LogP contribution in [0.2, 0.25) is 0 Å². The molecule has 2 rings (SSSR count).